The summed E-state index contributed by atoms with van der Waals surface area (Å²) in [5, 5.41) is 14.9. The van der Waals surface area contributed by atoms with Crippen LogP contribution in [-0.4, -0.2) is 34.1 Å². The van der Waals surface area contributed by atoms with Crippen LogP contribution < -0.4 is 10.6 Å². The third-order valence-corrected chi connectivity index (χ3v) is 5.71. The second-order valence-electron chi connectivity index (χ2n) is 8.25. The Morgan fingerprint density at radius 2 is 1.71 bits per heavy atom. The molecule has 0 aliphatic heterocycles. The molecule has 174 valence electrons. The number of fused-ring (bicyclic) bond motifs is 1. The normalized spacial score (nSPS) is 12.8. The maximum absolute atomic E-state index is 12.2. The number of oxazole rings is 1. The fraction of sp³-hybridized carbons (Fsp3) is 0.222. The summed E-state index contributed by atoms with van der Waals surface area (Å²) in [5.74, 6) is -0.869. The van der Waals surface area contributed by atoms with Gasteiger partial charge in [-0.25, -0.2) is 4.98 Å². The zero-order valence-corrected chi connectivity index (χ0v) is 19.1. The van der Waals surface area contributed by atoms with E-state index in [0.717, 1.165) is 35.2 Å². The fourth-order valence-electron chi connectivity index (χ4n) is 3.66. The van der Waals surface area contributed by atoms with Crippen molar-refractivity contribution in [2.75, 3.05) is 5.32 Å². The first-order valence-corrected chi connectivity index (χ1v) is 11.3. The van der Waals surface area contributed by atoms with Crippen molar-refractivity contribution in [3.63, 3.8) is 0 Å². The lowest BCUT2D eigenvalue weighted by molar-refractivity contribution is -0.138. The molecule has 0 saturated heterocycles. The molecule has 0 aliphatic rings. The highest BCUT2D eigenvalue weighted by molar-refractivity contribution is 5.96. The molecular weight excluding hydrogens is 430 g/mol. The first kappa shape index (κ1) is 23.0. The van der Waals surface area contributed by atoms with Gasteiger partial charge in [-0.2, -0.15) is 0 Å². The van der Waals surface area contributed by atoms with Crippen LogP contribution in [0.2, 0.25) is 0 Å². The number of hydrogen-bond acceptors (Lipinski definition) is 5. The average Bonchev–Trinajstić information content (AvgIpc) is 3.28. The van der Waals surface area contributed by atoms with Gasteiger partial charge in [0.05, 0.1) is 0 Å². The molecule has 0 fully saturated rings. The van der Waals surface area contributed by atoms with E-state index in [4.69, 9.17) is 9.52 Å². The number of carboxylic acids is 1. The Bertz CT molecular complexity index is 1250. The molecule has 1 amide bonds. The van der Waals surface area contributed by atoms with Gasteiger partial charge in [-0.05, 0) is 73.9 Å². The van der Waals surface area contributed by atoms with Crippen molar-refractivity contribution in [2.24, 2.45) is 0 Å². The SMILES string of the molecule is CCC(Cc1ccc(-c2nc3ccccc3o2)cc1)Nc1ccc(C(=O)N[C@@H](C)C(=O)O)cc1. The van der Waals surface area contributed by atoms with Crippen LogP contribution in [0.5, 0.6) is 0 Å². The van der Waals surface area contributed by atoms with Crippen molar-refractivity contribution in [3.05, 3.63) is 83.9 Å². The van der Waals surface area contributed by atoms with Crippen molar-refractivity contribution in [3.8, 4) is 11.5 Å². The number of benzene rings is 3. The number of anilines is 1. The van der Waals surface area contributed by atoms with E-state index >= 15 is 0 Å². The minimum absolute atomic E-state index is 0.210. The first-order valence-electron chi connectivity index (χ1n) is 11.3. The number of carbonyl (C=O) groups excluding carboxylic acids is 1. The van der Waals surface area contributed by atoms with Gasteiger partial charge in [0.25, 0.3) is 5.91 Å². The van der Waals surface area contributed by atoms with Crippen molar-refractivity contribution in [2.45, 2.75) is 38.8 Å². The number of para-hydroxylation sites is 2. The van der Waals surface area contributed by atoms with E-state index < -0.39 is 17.9 Å². The second-order valence-corrected chi connectivity index (χ2v) is 8.25. The largest absolute Gasteiger partial charge is 0.480 e. The van der Waals surface area contributed by atoms with Crippen molar-refractivity contribution < 1.29 is 19.1 Å². The first-order chi connectivity index (χ1) is 16.4. The van der Waals surface area contributed by atoms with Gasteiger partial charge in [0.1, 0.15) is 11.6 Å². The van der Waals surface area contributed by atoms with Crippen molar-refractivity contribution in [1.82, 2.24) is 10.3 Å². The molecule has 0 aliphatic carbocycles. The number of hydrogen-bond donors (Lipinski definition) is 3. The van der Waals surface area contributed by atoms with Crippen LogP contribution in [0.3, 0.4) is 0 Å². The fourth-order valence-corrected chi connectivity index (χ4v) is 3.66. The summed E-state index contributed by atoms with van der Waals surface area (Å²) in [5.41, 5.74) is 5.07. The molecule has 4 aromatic rings. The number of aliphatic carboxylic acids is 1. The number of aromatic nitrogens is 1. The highest BCUT2D eigenvalue weighted by Gasteiger charge is 2.15. The smallest absolute Gasteiger partial charge is 0.325 e. The predicted octanol–water partition coefficient (Wildman–Crippen LogP) is 5.13. The molecule has 1 aromatic heterocycles. The highest BCUT2D eigenvalue weighted by Crippen LogP contribution is 2.25. The van der Waals surface area contributed by atoms with E-state index in [1.54, 1.807) is 12.1 Å². The molecule has 4 rings (SSSR count). The van der Waals surface area contributed by atoms with Gasteiger partial charge in [0.15, 0.2) is 5.58 Å². The second kappa shape index (κ2) is 10.2. The monoisotopic (exact) mass is 457 g/mol. The summed E-state index contributed by atoms with van der Waals surface area (Å²) in [4.78, 5) is 27.6. The van der Waals surface area contributed by atoms with E-state index in [1.807, 2.05) is 48.5 Å². The van der Waals surface area contributed by atoms with E-state index in [0.29, 0.717) is 11.5 Å². The van der Waals surface area contributed by atoms with Crippen molar-refractivity contribution in [1.29, 1.82) is 0 Å². The van der Waals surface area contributed by atoms with Gasteiger partial charge in [-0.15, -0.1) is 0 Å². The standard InChI is InChI=1S/C27H27N3O4/c1-3-21(29-22-14-12-19(13-15-22)25(31)28-17(2)27(32)33)16-18-8-10-20(11-9-18)26-30-23-6-4-5-7-24(23)34-26/h4-15,17,21,29H,3,16H2,1-2H3,(H,28,31)(H,32,33)/t17-,21?/m0/s1. The predicted molar refractivity (Wildman–Crippen MR) is 132 cm³/mol. The molecule has 7 nitrogen and oxygen atoms in total. The molecule has 0 saturated carbocycles. The van der Waals surface area contributed by atoms with E-state index in [2.05, 4.69) is 34.7 Å². The summed E-state index contributed by atoms with van der Waals surface area (Å²) >= 11 is 0. The Labute approximate surface area is 197 Å². The van der Waals surface area contributed by atoms with Crippen LogP contribution in [0.4, 0.5) is 5.69 Å². The van der Waals surface area contributed by atoms with Gasteiger partial charge in [-0.3, -0.25) is 9.59 Å². The molecule has 1 heterocycles. The van der Waals surface area contributed by atoms with Gasteiger partial charge >= 0.3 is 5.97 Å². The maximum Gasteiger partial charge on any atom is 0.325 e. The van der Waals surface area contributed by atoms with Crippen LogP contribution in [-0.2, 0) is 11.2 Å². The van der Waals surface area contributed by atoms with Crippen LogP contribution in [0.15, 0.2) is 77.2 Å². The lowest BCUT2D eigenvalue weighted by atomic mass is 10.0. The maximum atomic E-state index is 12.2. The molecule has 1 unspecified atom stereocenters. The van der Waals surface area contributed by atoms with Crippen LogP contribution >= 0.6 is 0 Å². The van der Waals surface area contributed by atoms with Crippen LogP contribution in [0.1, 0.15) is 36.2 Å². The van der Waals surface area contributed by atoms with E-state index in [-0.39, 0.29) is 6.04 Å². The Balaban J connectivity index is 1.37. The van der Waals surface area contributed by atoms with Crippen LogP contribution in [0, 0.1) is 0 Å². The van der Waals surface area contributed by atoms with E-state index in [1.165, 1.54) is 12.5 Å². The van der Waals surface area contributed by atoms with Gasteiger partial charge < -0.3 is 20.2 Å². The summed E-state index contributed by atoms with van der Waals surface area (Å²) in [7, 11) is 0. The molecule has 3 N–H and O–H groups in total. The van der Waals surface area contributed by atoms with Crippen molar-refractivity contribution >= 4 is 28.7 Å². The average molecular weight is 458 g/mol. The number of carbonyl (C=O) groups is 2. The summed E-state index contributed by atoms with van der Waals surface area (Å²) < 4.78 is 5.85. The minimum Gasteiger partial charge on any atom is -0.480 e. The Hall–Kier alpha value is -4.13. The Morgan fingerprint density at radius 1 is 1.00 bits per heavy atom. The number of nitrogens with zero attached hydrogens (tertiary/aromatic N) is 1. The minimum atomic E-state index is -1.07. The highest BCUT2D eigenvalue weighted by atomic mass is 16.4. The van der Waals surface area contributed by atoms with Gasteiger partial charge in [0, 0.05) is 22.9 Å². The number of nitrogens with one attached hydrogen (secondary N) is 2. The summed E-state index contributed by atoms with van der Waals surface area (Å²) in [6.07, 6.45) is 1.76. The van der Waals surface area contributed by atoms with E-state index in [9.17, 15) is 9.59 Å². The lowest BCUT2D eigenvalue weighted by Gasteiger charge is -2.19. The zero-order valence-electron chi connectivity index (χ0n) is 19.1. The molecule has 7 heteroatoms. The third kappa shape index (κ3) is 5.43. The Morgan fingerprint density at radius 3 is 2.35 bits per heavy atom. The number of carboxylic acid groups (broad SMARTS) is 1. The molecule has 0 bridgehead atoms. The number of rotatable bonds is 9. The quantitative estimate of drug-likeness (QED) is 0.322. The lowest BCUT2D eigenvalue weighted by Crippen LogP contribution is -2.38. The molecule has 0 spiro atoms. The molecule has 0 radical (unpaired) electrons. The Kier molecular flexibility index (Phi) is 6.92. The van der Waals surface area contributed by atoms with Gasteiger partial charge in [-0.1, -0.05) is 31.2 Å². The molecular formula is C27H27N3O4. The van der Waals surface area contributed by atoms with Crippen LogP contribution in [0.25, 0.3) is 22.6 Å². The van der Waals surface area contributed by atoms with Gasteiger partial charge in [0.2, 0.25) is 5.89 Å². The molecule has 2 atom stereocenters. The topological polar surface area (TPSA) is 104 Å². The molecule has 3 aromatic carbocycles. The summed E-state index contributed by atoms with van der Waals surface area (Å²) in [6, 6.07) is 22.3. The third-order valence-electron chi connectivity index (χ3n) is 5.71. The number of amides is 1. The zero-order chi connectivity index (χ0) is 24.1. The molecule has 34 heavy (non-hydrogen) atoms. The summed E-state index contributed by atoms with van der Waals surface area (Å²) in [6.45, 7) is 3.56.